The first-order chi connectivity index (χ1) is 17.3. The summed E-state index contributed by atoms with van der Waals surface area (Å²) in [7, 11) is 1.94. The Labute approximate surface area is 211 Å². The van der Waals surface area contributed by atoms with Crippen LogP contribution in [0.3, 0.4) is 0 Å². The Balaban J connectivity index is 0.000000623. The molecule has 6 rings (SSSR count). The van der Waals surface area contributed by atoms with Crippen LogP contribution in [-0.4, -0.2) is 40.1 Å². The Hall–Kier alpha value is -3.84. The van der Waals surface area contributed by atoms with E-state index in [0.717, 1.165) is 59.8 Å². The number of piperazine rings is 1. The Morgan fingerprint density at radius 2 is 1.56 bits per heavy atom. The molecule has 3 aromatic carbocycles. The Morgan fingerprint density at radius 1 is 0.889 bits per heavy atom. The fourth-order valence-corrected chi connectivity index (χ4v) is 4.80. The first-order valence-electron chi connectivity index (χ1n) is 12.6. The second kappa shape index (κ2) is 9.66. The second-order valence-corrected chi connectivity index (χ2v) is 10.1. The first-order valence-corrected chi connectivity index (χ1v) is 12.6. The van der Waals surface area contributed by atoms with Crippen LogP contribution >= 0.6 is 0 Å². The highest BCUT2D eigenvalue weighted by Crippen LogP contribution is 2.30. The van der Waals surface area contributed by atoms with Crippen molar-refractivity contribution < 1.29 is 0 Å². The minimum atomic E-state index is -0.298. The SMILES string of the molecule is CC(C)C.Cn1c2cc(-c3ccc(N4CCNCC4)cc3)ccc2n2c3cccc(N)c3c(=O)nc12. The molecule has 7 heteroatoms. The number of nitrogens with zero attached hydrogens (tertiary/aromatic N) is 4. The summed E-state index contributed by atoms with van der Waals surface area (Å²) in [6, 6.07) is 20.7. The number of hydrogen-bond acceptors (Lipinski definition) is 5. The molecule has 1 fully saturated rings. The third-order valence-electron chi connectivity index (χ3n) is 6.49. The second-order valence-electron chi connectivity index (χ2n) is 10.1. The molecule has 36 heavy (non-hydrogen) atoms. The molecular formula is C29H34N6O. The molecule has 1 aliphatic rings. The molecule has 7 nitrogen and oxygen atoms in total. The van der Waals surface area contributed by atoms with Crippen LogP contribution in [0.4, 0.5) is 11.4 Å². The maximum atomic E-state index is 12.7. The molecule has 1 aliphatic heterocycles. The summed E-state index contributed by atoms with van der Waals surface area (Å²) < 4.78 is 3.98. The van der Waals surface area contributed by atoms with Crippen LogP contribution in [0.5, 0.6) is 0 Å². The average Bonchev–Trinajstić information content (AvgIpc) is 3.15. The van der Waals surface area contributed by atoms with E-state index in [2.05, 4.69) is 78.4 Å². The lowest BCUT2D eigenvalue weighted by atomic mass is 10.0. The quantitative estimate of drug-likeness (QED) is 0.358. The number of nitrogens with two attached hydrogens (primary N) is 1. The van der Waals surface area contributed by atoms with Crippen molar-refractivity contribution in [2.75, 3.05) is 36.8 Å². The van der Waals surface area contributed by atoms with Crippen LogP contribution in [0.25, 0.3) is 38.8 Å². The maximum absolute atomic E-state index is 12.7. The first kappa shape index (κ1) is 23.9. The minimum Gasteiger partial charge on any atom is -0.398 e. The number of aryl methyl sites for hydroxylation is 1. The third kappa shape index (κ3) is 4.31. The number of nitrogen functional groups attached to an aromatic ring is 1. The van der Waals surface area contributed by atoms with E-state index < -0.39 is 0 Å². The van der Waals surface area contributed by atoms with E-state index in [1.54, 1.807) is 6.07 Å². The number of rotatable bonds is 2. The molecule has 5 aromatic rings. The Bertz CT molecular complexity index is 1590. The molecule has 3 N–H and O–H groups in total. The van der Waals surface area contributed by atoms with Gasteiger partial charge in [-0.3, -0.25) is 9.20 Å². The maximum Gasteiger partial charge on any atom is 0.284 e. The van der Waals surface area contributed by atoms with Crippen LogP contribution in [-0.2, 0) is 7.05 Å². The van der Waals surface area contributed by atoms with Gasteiger partial charge in [-0.05, 0) is 53.4 Å². The molecule has 0 bridgehead atoms. The summed E-state index contributed by atoms with van der Waals surface area (Å²) >= 11 is 0. The van der Waals surface area contributed by atoms with E-state index in [9.17, 15) is 4.79 Å². The van der Waals surface area contributed by atoms with Gasteiger partial charge in [-0.2, -0.15) is 4.98 Å². The smallest absolute Gasteiger partial charge is 0.284 e. The summed E-state index contributed by atoms with van der Waals surface area (Å²) in [4.78, 5) is 19.4. The molecule has 3 heterocycles. The lowest BCUT2D eigenvalue weighted by molar-refractivity contribution is 0.589. The standard InChI is InChI=1S/C25H24N6O.C4H10/c1-29-22-15-17(16-5-8-18(9-6-16)30-13-11-27-12-14-30)7-10-20(22)31-21-4-2-3-19(26)23(21)24(32)28-25(29)31;1-4(2)3/h2-10,15,27H,11-14,26H2,1H3;4H,1-3H3. The van der Waals surface area contributed by atoms with Gasteiger partial charge in [0.1, 0.15) is 0 Å². The Kier molecular flexibility index (Phi) is 6.41. The topological polar surface area (TPSA) is 80.6 Å². The number of imidazole rings is 1. The zero-order valence-corrected chi connectivity index (χ0v) is 21.5. The third-order valence-corrected chi connectivity index (χ3v) is 6.49. The number of fused-ring (bicyclic) bond motifs is 5. The largest absolute Gasteiger partial charge is 0.398 e. The van der Waals surface area contributed by atoms with Crippen LogP contribution < -0.4 is 21.5 Å². The van der Waals surface area contributed by atoms with Gasteiger partial charge in [-0.1, -0.05) is 45.0 Å². The van der Waals surface area contributed by atoms with Crippen molar-refractivity contribution in [2.24, 2.45) is 13.0 Å². The van der Waals surface area contributed by atoms with Crippen LogP contribution in [0.2, 0.25) is 0 Å². The summed E-state index contributed by atoms with van der Waals surface area (Å²) in [5.41, 5.74) is 12.6. The highest BCUT2D eigenvalue weighted by atomic mass is 16.1. The van der Waals surface area contributed by atoms with Gasteiger partial charge in [0.25, 0.3) is 5.56 Å². The molecule has 0 spiro atoms. The molecule has 2 aromatic heterocycles. The zero-order valence-electron chi connectivity index (χ0n) is 21.5. The molecule has 0 amide bonds. The molecule has 1 saturated heterocycles. The van der Waals surface area contributed by atoms with E-state index in [0.29, 0.717) is 16.9 Å². The fourth-order valence-electron chi connectivity index (χ4n) is 4.80. The summed E-state index contributed by atoms with van der Waals surface area (Å²) in [6.45, 7) is 10.6. The van der Waals surface area contributed by atoms with Crippen LogP contribution in [0, 0.1) is 5.92 Å². The lowest BCUT2D eigenvalue weighted by Crippen LogP contribution is -2.43. The van der Waals surface area contributed by atoms with Crippen molar-refractivity contribution >= 4 is 39.1 Å². The van der Waals surface area contributed by atoms with E-state index in [1.807, 2.05) is 28.1 Å². The minimum absolute atomic E-state index is 0.298. The highest BCUT2D eigenvalue weighted by molar-refractivity contribution is 5.96. The molecular weight excluding hydrogens is 448 g/mol. The monoisotopic (exact) mass is 482 g/mol. The van der Waals surface area contributed by atoms with Crippen molar-refractivity contribution in [2.45, 2.75) is 20.8 Å². The summed E-state index contributed by atoms with van der Waals surface area (Å²) in [6.07, 6.45) is 0. The number of nitrogens with one attached hydrogen (secondary N) is 1. The predicted molar refractivity (Wildman–Crippen MR) is 151 cm³/mol. The van der Waals surface area contributed by atoms with Gasteiger partial charge >= 0.3 is 0 Å². The lowest BCUT2D eigenvalue weighted by Gasteiger charge is -2.29. The van der Waals surface area contributed by atoms with E-state index in [-0.39, 0.29) is 5.56 Å². The van der Waals surface area contributed by atoms with Gasteiger partial charge in [-0.15, -0.1) is 0 Å². The van der Waals surface area contributed by atoms with Gasteiger partial charge < -0.3 is 20.5 Å². The predicted octanol–water partition coefficient (Wildman–Crippen LogP) is 4.66. The van der Waals surface area contributed by atoms with Crippen LogP contribution in [0.15, 0.2) is 65.5 Å². The number of aromatic nitrogens is 3. The molecule has 0 unspecified atom stereocenters. The van der Waals surface area contributed by atoms with Crippen molar-refractivity contribution in [1.29, 1.82) is 0 Å². The Morgan fingerprint density at radius 3 is 2.25 bits per heavy atom. The van der Waals surface area contributed by atoms with Gasteiger partial charge in [-0.25, -0.2) is 0 Å². The molecule has 0 atom stereocenters. The van der Waals surface area contributed by atoms with Crippen LogP contribution in [0.1, 0.15) is 20.8 Å². The van der Waals surface area contributed by atoms with E-state index in [1.165, 1.54) is 5.69 Å². The number of benzene rings is 3. The fraction of sp³-hybridized carbons (Fsp3) is 0.310. The summed E-state index contributed by atoms with van der Waals surface area (Å²) in [5.74, 6) is 1.44. The highest BCUT2D eigenvalue weighted by Gasteiger charge is 2.16. The van der Waals surface area contributed by atoms with Gasteiger partial charge in [0, 0.05) is 44.6 Å². The normalized spacial score (nSPS) is 14.0. The molecule has 186 valence electrons. The summed E-state index contributed by atoms with van der Waals surface area (Å²) in [5, 5.41) is 3.86. The number of anilines is 2. The molecule has 0 radical (unpaired) electrons. The van der Waals surface area contributed by atoms with Gasteiger partial charge in [0.05, 0.1) is 21.9 Å². The average molecular weight is 483 g/mol. The van der Waals surface area contributed by atoms with Gasteiger partial charge in [0.15, 0.2) is 0 Å². The molecule has 0 aliphatic carbocycles. The van der Waals surface area contributed by atoms with Crippen molar-refractivity contribution in [1.82, 2.24) is 19.3 Å². The van der Waals surface area contributed by atoms with Crippen molar-refractivity contribution in [3.8, 4) is 11.1 Å². The van der Waals surface area contributed by atoms with E-state index >= 15 is 0 Å². The number of hydrogen-bond donors (Lipinski definition) is 2. The molecule has 0 saturated carbocycles. The van der Waals surface area contributed by atoms with Gasteiger partial charge in [0.2, 0.25) is 5.78 Å². The van der Waals surface area contributed by atoms with E-state index in [4.69, 9.17) is 5.73 Å². The zero-order chi connectivity index (χ0) is 25.4. The van der Waals surface area contributed by atoms with Crippen molar-refractivity contribution in [3.63, 3.8) is 0 Å². The van der Waals surface area contributed by atoms with Crippen molar-refractivity contribution in [3.05, 3.63) is 71.0 Å².